The molecule has 0 aliphatic heterocycles. The van der Waals surface area contributed by atoms with Crippen LogP contribution in [0.1, 0.15) is 30.7 Å². The Labute approximate surface area is 150 Å². The van der Waals surface area contributed by atoms with Crippen LogP contribution in [-0.4, -0.2) is 42.6 Å². The maximum atomic E-state index is 11.2. The van der Waals surface area contributed by atoms with Crippen LogP contribution >= 0.6 is 0 Å². The minimum absolute atomic E-state index is 0.0102. The molecule has 0 aromatic heterocycles. The third-order valence-corrected chi connectivity index (χ3v) is 4.90. The molecule has 25 heavy (non-hydrogen) atoms. The van der Waals surface area contributed by atoms with Gasteiger partial charge >= 0.3 is 0 Å². The Bertz CT molecular complexity index is 725. The largest absolute Gasteiger partial charge is 0.270 e. The zero-order chi connectivity index (χ0) is 18.9. The quantitative estimate of drug-likeness (QED) is 0.426. The Morgan fingerprint density at radius 1 is 0.960 bits per heavy atom. The third kappa shape index (κ3) is 9.60. The maximum absolute atomic E-state index is 11.2. The van der Waals surface area contributed by atoms with Gasteiger partial charge in [-0.1, -0.05) is 30.3 Å². The molecule has 0 heterocycles. The van der Waals surface area contributed by atoms with Crippen molar-refractivity contribution < 1.29 is 25.2 Å². The summed E-state index contributed by atoms with van der Waals surface area (Å²) in [6.45, 7) is 0.0204. The molecular weight excluding hydrogens is 364 g/mol. The van der Waals surface area contributed by atoms with E-state index in [0.29, 0.717) is 19.3 Å². The molecule has 6 nitrogen and oxygen atoms in total. The Morgan fingerprint density at radius 3 is 1.84 bits per heavy atom. The highest BCUT2D eigenvalue weighted by Gasteiger charge is 2.23. The van der Waals surface area contributed by atoms with Crippen molar-refractivity contribution in [1.29, 1.82) is 0 Å². The summed E-state index contributed by atoms with van der Waals surface area (Å²) in [6.07, 6.45) is 8.77. The summed E-state index contributed by atoms with van der Waals surface area (Å²) in [6, 6.07) is 9.59. The highest BCUT2D eigenvalue weighted by molar-refractivity contribution is 7.86. The third-order valence-electron chi connectivity index (χ3n) is 3.71. The van der Waals surface area contributed by atoms with Gasteiger partial charge in [-0.3, -0.25) is 8.37 Å². The smallest absolute Gasteiger partial charge is 0.264 e. The molecule has 1 aromatic rings. The lowest BCUT2D eigenvalue weighted by molar-refractivity contribution is 0.225. The van der Waals surface area contributed by atoms with Crippen LogP contribution in [0.25, 0.3) is 0 Å². The highest BCUT2D eigenvalue weighted by atomic mass is 32.2. The van der Waals surface area contributed by atoms with E-state index in [1.807, 2.05) is 30.3 Å². The van der Waals surface area contributed by atoms with Crippen LogP contribution in [-0.2, 0) is 28.6 Å². The van der Waals surface area contributed by atoms with Crippen molar-refractivity contribution in [3.8, 4) is 12.3 Å². The fraction of sp³-hybridized carbons (Fsp3) is 0.529. The fourth-order valence-electron chi connectivity index (χ4n) is 2.63. The SMILES string of the molecule is C#CCC(c1ccccc1)C(CCOS(C)(=O)=O)CCOS(C)(=O)=O. The van der Waals surface area contributed by atoms with Gasteiger partial charge in [-0.05, 0) is 30.2 Å². The van der Waals surface area contributed by atoms with E-state index in [0.717, 1.165) is 18.1 Å². The lowest BCUT2D eigenvalue weighted by Gasteiger charge is -2.26. The predicted molar refractivity (Wildman–Crippen MR) is 96.9 cm³/mol. The molecule has 0 N–H and O–H groups in total. The Balaban J connectivity index is 2.89. The van der Waals surface area contributed by atoms with Gasteiger partial charge in [0.15, 0.2) is 0 Å². The van der Waals surface area contributed by atoms with Crippen LogP contribution in [0.15, 0.2) is 30.3 Å². The minimum Gasteiger partial charge on any atom is -0.270 e. The molecule has 0 bridgehead atoms. The van der Waals surface area contributed by atoms with Crippen molar-refractivity contribution >= 4 is 20.2 Å². The summed E-state index contributed by atoms with van der Waals surface area (Å²) in [5.41, 5.74) is 1.02. The van der Waals surface area contributed by atoms with E-state index in [-0.39, 0.29) is 25.0 Å². The average molecular weight is 389 g/mol. The molecule has 0 aliphatic carbocycles. The summed E-state index contributed by atoms with van der Waals surface area (Å²) >= 11 is 0. The van der Waals surface area contributed by atoms with Crippen molar-refractivity contribution in [2.24, 2.45) is 5.92 Å². The molecule has 0 aliphatic rings. The first kappa shape index (κ1) is 21.6. The van der Waals surface area contributed by atoms with E-state index in [9.17, 15) is 16.8 Å². The molecule has 0 amide bonds. The molecule has 1 aromatic carbocycles. The van der Waals surface area contributed by atoms with Gasteiger partial charge in [-0.25, -0.2) is 0 Å². The number of hydrogen-bond donors (Lipinski definition) is 0. The van der Waals surface area contributed by atoms with Gasteiger partial charge in [0.05, 0.1) is 25.7 Å². The van der Waals surface area contributed by atoms with Crippen LogP contribution in [0.2, 0.25) is 0 Å². The fourth-order valence-corrected chi connectivity index (χ4v) is 3.43. The van der Waals surface area contributed by atoms with Crippen LogP contribution < -0.4 is 0 Å². The lowest BCUT2D eigenvalue weighted by atomic mass is 9.80. The van der Waals surface area contributed by atoms with E-state index in [4.69, 9.17) is 14.8 Å². The van der Waals surface area contributed by atoms with E-state index in [1.165, 1.54) is 0 Å². The Morgan fingerprint density at radius 2 is 1.44 bits per heavy atom. The molecular formula is C17H24O6S2. The van der Waals surface area contributed by atoms with Crippen LogP contribution in [0, 0.1) is 18.3 Å². The van der Waals surface area contributed by atoms with Gasteiger partial charge in [0.25, 0.3) is 20.2 Å². The molecule has 1 atom stereocenters. The van der Waals surface area contributed by atoms with Crippen molar-refractivity contribution in [2.75, 3.05) is 25.7 Å². The lowest BCUT2D eigenvalue weighted by Crippen LogP contribution is -2.19. The summed E-state index contributed by atoms with van der Waals surface area (Å²) in [5.74, 6) is 2.52. The summed E-state index contributed by atoms with van der Waals surface area (Å²) in [4.78, 5) is 0. The molecule has 0 saturated heterocycles. The minimum atomic E-state index is -3.53. The second kappa shape index (κ2) is 9.92. The van der Waals surface area contributed by atoms with Gasteiger partial charge in [0, 0.05) is 6.42 Å². The second-order valence-corrected chi connectivity index (χ2v) is 9.10. The topological polar surface area (TPSA) is 86.7 Å². The number of rotatable bonds is 11. The predicted octanol–water partition coefficient (Wildman–Crippen LogP) is 2.14. The summed E-state index contributed by atoms with van der Waals surface area (Å²) in [5, 5.41) is 0. The summed E-state index contributed by atoms with van der Waals surface area (Å²) in [7, 11) is -7.07. The van der Waals surface area contributed by atoms with Gasteiger partial charge in [-0.2, -0.15) is 16.8 Å². The molecule has 0 radical (unpaired) electrons. The molecule has 0 fully saturated rings. The first-order valence-corrected chi connectivity index (χ1v) is 11.4. The normalized spacial score (nSPS) is 13.5. The van der Waals surface area contributed by atoms with E-state index < -0.39 is 20.2 Å². The number of benzene rings is 1. The first-order valence-electron chi connectivity index (χ1n) is 7.79. The van der Waals surface area contributed by atoms with Crippen LogP contribution in [0.5, 0.6) is 0 Å². The van der Waals surface area contributed by atoms with Gasteiger partial charge in [0.1, 0.15) is 0 Å². The standard InChI is InChI=1S/C17H24O6S2/c1-4-8-17(15-9-6-5-7-10-15)16(11-13-22-24(2,18)19)12-14-23-25(3,20)21/h1,5-7,9-10,16-17H,8,11-14H2,2-3H3. The monoisotopic (exact) mass is 388 g/mol. The highest BCUT2D eigenvalue weighted by Crippen LogP contribution is 2.33. The molecule has 8 heteroatoms. The van der Waals surface area contributed by atoms with Crippen molar-refractivity contribution in [3.05, 3.63) is 35.9 Å². The van der Waals surface area contributed by atoms with Crippen molar-refractivity contribution in [2.45, 2.75) is 25.2 Å². The molecule has 140 valence electrons. The van der Waals surface area contributed by atoms with E-state index in [1.54, 1.807) is 0 Å². The van der Waals surface area contributed by atoms with Crippen LogP contribution in [0.3, 0.4) is 0 Å². The number of terminal acetylenes is 1. The van der Waals surface area contributed by atoms with Crippen LogP contribution in [0.4, 0.5) is 0 Å². The molecule has 1 unspecified atom stereocenters. The molecule has 1 rings (SSSR count). The Hall–Kier alpha value is -1.40. The number of hydrogen-bond acceptors (Lipinski definition) is 6. The van der Waals surface area contributed by atoms with Crippen molar-refractivity contribution in [3.63, 3.8) is 0 Å². The van der Waals surface area contributed by atoms with Crippen molar-refractivity contribution in [1.82, 2.24) is 0 Å². The van der Waals surface area contributed by atoms with Gasteiger partial charge in [-0.15, -0.1) is 12.3 Å². The van der Waals surface area contributed by atoms with E-state index >= 15 is 0 Å². The summed E-state index contributed by atoms with van der Waals surface area (Å²) < 4.78 is 54.3. The van der Waals surface area contributed by atoms with E-state index in [2.05, 4.69) is 5.92 Å². The zero-order valence-corrected chi connectivity index (χ0v) is 16.1. The Kier molecular flexibility index (Phi) is 8.59. The second-order valence-electron chi connectivity index (χ2n) is 5.82. The first-order chi connectivity index (χ1) is 11.6. The zero-order valence-electron chi connectivity index (χ0n) is 14.4. The maximum Gasteiger partial charge on any atom is 0.264 e. The molecule has 0 saturated carbocycles. The average Bonchev–Trinajstić information content (AvgIpc) is 2.50. The van der Waals surface area contributed by atoms with Gasteiger partial charge < -0.3 is 0 Å². The molecule has 0 spiro atoms. The van der Waals surface area contributed by atoms with Gasteiger partial charge in [0.2, 0.25) is 0 Å².